The van der Waals surface area contributed by atoms with Crippen molar-refractivity contribution in [1.29, 1.82) is 0 Å². The number of nitrogens with zero attached hydrogens (tertiary/aromatic N) is 1. The maximum absolute atomic E-state index is 12.4. The summed E-state index contributed by atoms with van der Waals surface area (Å²) in [5.74, 6) is 0.326. The lowest BCUT2D eigenvalue weighted by Gasteiger charge is -2.28. The van der Waals surface area contributed by atoms with Crippen molar-refractivity contribution in [3.05, 3.63) is 58.5 Å². The Morgan fingerprint density at radius 3 is 2.27 bits per heavy atom. The number of rotatable bonds is 5. The Labute approximate surface area is 153 Å². The van der Waals surface area contributed by atoms with Gasteiger partial charge in [-0.1, -0.05) is 17.7 Å². The molecule has 6 nitrogen and oxygen atoms in total. The zero-order chi connectivity index (χ0) is 18.7. The lowest BCUT2D eigenvalue weighted by molar-refractivity contribution is 0.0830. The third kappa shape index (κ3) is 4.34. The van der Waals surface area contributed by atoms with Crippen molar-refractivity contribution < 1.29 is 17.3 Å². The first-order valence-corrected chi connectivity index (χ1v) is 10.1. The number of pyridine rings is 1. The second kappa shape index (κ2) is 7.63. The van der Waals surface area contributed by atoms with Gasteiger partial charge in [0.25, 0.3) is 15.7 Å². The molecule has 1 saturated carbocycles. The second-order valence-corrected chi connectivity index (χ2v) is 8.24. The average Bonchev–Trinajstić information content (AvgIpc) is 2.61. The van der Waals surface area contributed by atoms with Gasteiger partial charge in [-0.3, -0.25) is 8.98 Å². The van der Waals surface area contributed by atoms with Crippen LogP contribution in [0, 0.1) is 6.92 Å². The molecular weight excluding hydrogens is 354 g/mol. The maximum atomic E-state index is 12.4. The standard InChI is InChI=1S/C19H23NO5S/c1-14-5-11-17(12-6-14)26(22,23)25-16-9-7-15(8-10-16)24-18-4-3-13-20(2)19(18)21/h3-6,11-13,15-16H,7-10H2,1-2H3/t15-,16-. The average molecular weight is 377 g/mol. The van der Waals surface area contributed by atoms with Crippen molar-refractivity contribution in [3.8, 4) is 5.75 Å². The van der Waals surface area contributed by atoms with Gasteiger partial charge in [-0.05, 0) is 56.9 Å². The lowest BCUT2D eigenvalue weighted by Crippen LogP contribution is -2.31. The molecule has 1 heterocycles. The summed E-state index contributed by atoms with van der Waals surface area (Å²) >= 11 is 0. The normalized spacial score (nSPS) is 20.7. The molecule has 1 fully saturated rings. The van der Waals surface area contributed by atoms with E-state index < -0.39 is 10.1 Å². The van der Waals surface area contributed by atoms with Gasteiger partial charge in [-0.15, -0.1) is 0 Å². The molecular formula is C19H23NO5S. The fraction of sp³-hybridized carbons (Fsp3) is 0.421. The van der Waals surface area contributed by atoms with Gasteiger partial charge in [-0.25, -0.2) is 0 Å². The number of aromatic nitrogens is 1. The highest BCUT2D eigenvalue weighted by molar-refractivity contribution is 7.86. The summed E-state index contributed by atoms with van der Waals surface area (Å²) in [6.07, 6.45) is 3.65. The molecule has 1 aliphatic carbocycles. The van der Waals surface area contributed by atoms with E-state index in [2.05, 4.69) is 0 Å². The molecule has 0 atom stereocenters. The molecule has 1 aliphatic rings. The number of hydrogen-bond donors (Lipinski definition) is 0. The molecule has 0 radical (unpaired) electrons. The minimum Gasteiger partial charge on any atom is -0.485 e. The monoisotopic (exact) mass is 377 g/mol. The van der Waals surface area contributed by atoms with Crippen LogP contribution < -0.4 is 10.3 Å². The van der Waals surface area contributed by atoms with E-state index in [1.54, 1.807) is 49.6 Å². The van der Waals surface area contributed by atoms with Crippen LogP contribution in [0.4, 0.5) is 0 Å². The minimum atomic E-state index is -3.76. The van der Waals surface area contributed by atoms with E-state index in [9.17, 15) is 13.2 Å². The van der Waals surface area contributed by atoms with E-state index in [1.807, 2.05) is 6.92 Å². The van der Waals surface area contributed by atoms with Crippen LogP contribution in [0.3, 0.4) is 0 Å². The van der Waals surface area contributed by atoms with Crippen LogP contribution in [0.15, 0.2) is 52.3 Å². The Morgan fingerprint density at radius 1 is 1.00 bits per heavy atom. The van der Waals surface area contributed by atoms with Crippen LogP contribution in [0.25, 0.3) is 0 Å². The first-order valence-electron chi connectivity index (χ1n) is 8.67. The van der Waals surface area contributed by atoms with Crippen molar-refractivity contribution in [3.63, 3.8) is 0 Å². The Bertz CT molecular complexity index is 910. The van der Waals surface area contributed by atoms with E-state index in [1.165, 1.54) is 4.57 Å². The summed E-state index contributed by atoms with van der Waals surface area (Å²) in [7, 11) is -2.08. The molecule has 0 saturated heterocycles. The predicted octanol–water partition coefficient (Wildman–Crippen LogP) is 2.79. The summed E-state index contributed by atoms with van der Waals surface area (Å²) in [4.78, 5) is 12.2. The number of hydrogen-bond acceptors (Lipinski definition) is 5. The zero-order valence-electron chi connectivity index (χ0n) is 14.9. The first-order chi connectivity index (χ1) is 12.3. The molecule has 0 amide bonds. The molecule has 2 aromatic rings. The van der Waals surface area contributed by atoms with Gasteiger partial charge in [0.15, 0.2) is 5.75 Å². The number of ether oxygens (including phenoxy) is 1. The van der Waals surface area contributed by atoms with E-state index in [-0.39, 0.29) is 22.7 Å². The highest BCUT2D eigenvalue weighted by Crippen LogP contribution is 2.27. The molecule has 26 heavy (non-hydrogen) atoms. The predicted molar refractivity (Wildman–Crippen MR) is 97.8 cm³/mol. The lowest BCUT2D eigenvalue weighted by atomic mass is 9.95. The van der Waals surface area contributed by atoms with Gasteiger partial charge in [0, 0.05) is 13.2 Å². The van der Waals surface area contributed by atoms with Crippen LogP contribution >= 0.6 is 0 Å². The highest BCUT2D eigenvalue weighted by Gasteiger charge is 2.28. The van der Waals surface area contributed by atoms with Crippen LogP contribution in [-0.4, -0.2) is 25.2 Å². The van der Waals surface area contributed by atoms with Gasteiger partial charge in [0.1, 0.15) is 0 Å². The maximum Gasteiger partial charge on any atom is 0.297 e. The third-order valence-electron chi connectivity index (χ3n) is 4.58. The minimum absolute atomic E-state index is 0.105. The smallest absolute Gasteiger partial charge is 0.297 e. The fourth-order valence-corrected chi connectivity index (χ4v) is 4.16. The molecule has 7 heteroatoms. The number of benzene rings is 1. The molecule has 3 rings (SSSR count). The van der Waals surface area contributed by atoms with Gasteiger partial charge >= 0.3 is 0 Å². The molecule has 1 aromatic carbocycles. The molecule has 0 spiro atoms. The SMILES string of the molecule is Cc1ccc(S(=O)(=O)O[C@H]2CC[C@H](Oc3cccn(C)c3=O)CC2)cc1. The third-order valence-corrected chi connectivity index (χ3v) is 5.95. The molecule has 0 unspecified atom stereocenters. The van der Waals surface area contributed by atoms with E-state index in [0.717, 1.165) is 5.56 Å². The van der Waals surface area contributed by atoms with Crippen molar-refractivity contribution in [1.82, 2.24) is 4.57 Å². The summed E-state index contributed by atoms with van der Waals surface area (Å²) in [6.45, 7) is 1.90. The van der Waals surface area contributed by atoms with Crippen LogP contribution in [0.1, 0.15) is 31.2 Å². The van der Waals surface area contributed by atoms with Crippen molar-refractivity contribution in [2.75, 3.05) is 0 Å². The van der Waals surface area contributed by atoms with Crippen LogP contribution in [-0.2, 0) is 21.3 Å². The Morgan fingerprint density at radius 2 is 1.62 bits per heavy atom. The molecule has 140 valence electrons. The van der Waals surface area contributed by atoms with Crippen LogP contribution in [0.2, 0.25) is 0 Å². The molecule has 0 N–H and O–H groups in total. The number of aryl methyl sites for hydroxylation is 2. The van der Waals surface area contributed by atoms with E-state index in [0.29, 0.717) is 31.4 Å². The second-order valence-electron chi connectivity index (χ2n) is 6.67. The first kappa shape index (κ1) is 18.7. The van der Waals surface area contributed by atoms with Crippen molar-refractivity contribution in [2.45, 2.75) is 49.7 Å². The molecule has 1 aromatic heterocycles. The van der Waals surface area contributed by atoms with Gasteiger partial charge < -0.3 is 9.30 Å². The highest BCUT2D eigenvalue weighted by atomic mass is 32.2. The zero-order valence-corrected chi connectivity index (χ0v) is 15.7. The summed E-state index contributed by atoms with van der Waals surface area (Å²) in [6, 6.07) is 10.0. The van der Waals surface area contributed by atoms with Crippen LogP contribution in [0.5, 0.6) is 5.75 Å². The summed E-state index contributed by atoms with van der Waals surface area (Å²) in [5.41, 5.74) is 0.821. The quantitative estimate of drug-likeness (QED) is 0.749. The van der Waals surface area contributed by atoms with Gasteiger partial charge in [0.05, 0.1) is 17.1 Å². The fourth-order valence-electron chi connectivity index (χ4n) is 3.03. The van der Waals surface area contributed by atoms with E-state index in [4.69, 9.17) is 8.92 Å². The molecule has 0 bridgehead atoms. The van der Waals surface area contributed by atoms with Gasteiger partial charge in [-0.2, -0.15) is 8.42 Å². The van der Waals surface area contributed by atoms with Crippen molar-refractivity contribution in [2.24, 2.45) is 7.05 Å². The van der Waals surface area contributed by atoms with E-state index >= 15 is 0 Å². The Hall–Kier alpha value is -2.12. The summed E-state index contributed by atoms with van der Waals surface area (Å²) in [5, 5.41) is 0. The van der Waals surface area contributed by atoms with Crippen molar-refractivity contribution >= 4 is 10.1 Å². The largest absolute Gasteiger partial charge is 0.485 e. The van der Waals surface area contributed by atoms with Gasteiger partial charge in [0.2, 0.25) is 0 Å². The Balaban J connectivity index is 1.57. The Kier molecular flexibility index (Phi) is 5.48. The topological polar surface area (TPSA) is 74.6 Å². The summed E-state index contributed by atoms with van der Waals surface area (Å²) < 4.78 is 37.4. The molecule has 0 aliphatic heterocycles.